The van der Waals surface area contributed by atoms with Crippen molar-refractivity contribution >= 4 is 11.6 Å². The van der Waals surface area contributed by atoms with Crippen molar-refractivity contribution < 1.29 is 9.53 Å². The molecule has 1 aliphatic rings. The van der Waals surface area contributed by atoms with Crippen molar-refractivity contribution in [1.29, 1.82) is 0 Å². The van der Waals surface area contributed by atoms with Gasteiger partial charge in [0, 0.05) is 24.5 Å². The number of amides is 1. The van der Waals surface area contributed by atoms with Crippen LogP contribution in [0.25, 0.3) is 0 Å². The predicted octanol–water partition coefficient (Wildman–Crippen LogP) is 1.40. The van der Waals surface area contributed by atoms with Crippen molar-refractivity contribution in [3.05, 3.63) is 53.9 Å². The maximum atomic E-state index is 12.0. The number of aromatic nitrogens is 1. The maximum absolute atomic E-state index is 12.0. The van der Waals surface area contributed by atoms with Gasteiger partial charge < -0.3 is 15.8 Å². The van der Waals surface area contributed by atoms with Gasteiger partial charge in [-0.3, -0.25) is 9.78 Å². The smallest absolute Gasteiger partial charge is 0.255 e. The van der Waals surface area contributed by atoms with Crippen molar-refractivity contribution in [3.63, 3.8) is 0 Å². The third-order valence-corrected chi connectivity index (χ3v) is 3.30. The van der Waals surface area contributed by atoms with Gasteiger partial charge in [-0.1, -0.05) is 18.2 Å². The number of carbonyl (C=O) groups is 1. The Labute approximate surface area is 116 Å². The molecule has 5 heteroatoms. The van der Waals surface area contributed by atoms with Crippen molar-refractivity contribution in [2.24, 2.45) is 0 Å². The van der Waals surface area contributed by atoms with Crippen LogP contribution in [0.15, 0.2) is 42.7 Å². The third kappa shape index (κ3) is 2.42. The number of hydrogen-bond acceptors (Lipinski definition) is 4. The van der Waals surface area contributed by atoms with E-state index in [1.165, 1.54) is 11.8 Å². The molecule has 1 amide bonds. The zero-order chi connectivity index (χ0) is 13.9. The van der Waals surface area contributed by atoms with E-state index in [-0.39, 0.29) is 12.0 Å². The summed E-state index contributed by atoms with van der Waals surface area (Å²) in [5, 5.41) is 2.83. The standard InChI is InChI=1S/C15H15N3O2/c16-13-5-6-17-9-12(13)15(19)18-8-11-7-10-3-1-2-4-14(10)20-11/h1-6,9,11H,7-8H2,(H2,16,17)(H,18,19). The summed E-state index contributed by atoms with van der Waals surface area (Å²) in [5.41, 5.74) is 7.73. The first kappa shape index (κ1) is 12.5. The number of hydrogen-bond donors (Lipinski definition) is 2. The number of fused-ring (bicyclic) bond motifs is 1. The van der Waals surface area contributed by atoms with Gasteiger partial charge in [-0.2, -0.15) is 0 Å². The number of nitrogens with two attached hydrogens (primary N) is 1. The second kappa shape index (κ2) is 5.21. The second-order valence-electron chi connectivity index (χ2n) is 4.72. The van der Waals surface area contributed by atoms with E-state index in [0.717, 1.165) is 12.2 Å². The van der Waals surface area contributed by atoms with E-state index >= 15 is 0 Å². The van der Waals surface area contributed by atoms with Crippen LogP contribution in [-0.2, 0) is 6.42 Å². The Kier molecular flexibility index (Phi) is 3.25. The molecule has 3 N–H and O–H groups in total. The van der Waals surface area contributed by atoms with Crippen LogP contribution in [-0.4, -0.2) is 23.5 Å². The minimum Gasteiger partial charge on any atom is -0.488 e. The number of nitrogen functional groups attached to an aromatic ring is 1. The lowest BCUT2D eigenvalue weighted by molar-refractivity contribution is 0.0934. The average Bonchev–Trinajstić information content (AvgIpc) is 2.88. The predicted molar refractivity (Wildman–Crippen MR) is 75.5 cm³/mol. The minimum atomic E-state index is -0.227. The van der Waals surface area contributed by atoms with Crippen LogP contribution in [0.1, 0.15) is 15.9 Å². The number of rotatable bonds is 3. The van der Waals surface area contributed by atoms with Crippen LogP contribution in [0.3, 0.4) is 0 Å². The van der Waals surface area contributed by atoms with Crippen molar-refractivity contribution in [2.75, 3.05) is 12.3 Å². The summed E-state index contributed by atoms with van der Waals surface area (Å²) in [4.78, 5) is 15.9. The van der Waals surface area contributed by atoms with Crippen LogP contribution in [0.4, 0.5) is 5.69 Å². The average molecular weight is 269 g/mol. The normalized spacial score (nSPS) is 16.3. The lowest BCUT2D eigenvalue weighted by Gasteiger charge is -2.12. The molecule has 1 atom stereocenters. The van der Waals surface area contributed by atoms with Gasteiger partial charge in [0.25, 0.3) is 5.91 Å². The lowest BCUT2D eigenvalue weighted by atomic mass is 10.1. The Morgan fingerprint density at radius 3 is 3.05 bits per heavy atom. The summed E-state index contributed by atoms with van der Waals surface area (Å²) in [6, 6.07) is 9.51. The molecule has 3 rings (SSSR count). The number of pyridine rings is 1. The number of benzene rings is 1. The van der Waals surface area contributed by atoms with E-state index in [1.807, 2.05) is 24.3 Å². The number of nitrogens with zero attached hydrogens (tertiary/aromatic N) is 1. The molecule has 0 spiro atoms. The molecule has 0 bridgehead atoms. The molecule has 1 unspecified atom stereocenters. The second-order valence-corrected chi connectivity index (χ2v) is 4.72. The van der Waals surface area contributed by atoms with E-state index < -0.39 is 0 Å². The number of anilines is 1. The van der Waals surface area contributed by atoms with Crippen molar-refractivity contribution in [3.8, 4) is 5.75 Å². The molecule has 2 aromatic rings. The van der Waals surface area contributed by atoms with Gasteiger partial charge in [0.2, 0.25) is 0 Å². The molecular weight excluding hydrogens is 254 g/mol. The Morgan fingerprint density at radius 2 is 2.25 bits per heavy atom. The molecule has 1 aromatic carbocycles. The maximum Gasteiger partial charge on any atom is 0.255 e. The highest BCUT2D eigenvalue weighted by Crippen LogP contribution is 2.27. The Bertz CT molecular complexity index is 618. The summed E-state index contributed by atoms with van der Waals surface area (Å²) >= 11 is 0. The van der Waals surface area contributed by atoms with Gasteiger partial charge in [0.05, 0.1) is 12.1 Å². The quantitative estimate of drug-likeness (QED) is 0.883. The molecule has 0 aliphatic carbocycles. The van der Waals surface area contributed by atoms with E-state index in [9.17, 15) is 4.79 Å². The van der Waals surface area contributed by atoms with Gasteiger partial charge in [-0.15, -0.1) is 0 Å². The number of para-hydroxylation sites is 1. The molecule has 0 saturated heterocycles. The van der Waals surface area contributed by atoms with E-state index in [1.54, 1.807) is 12.3 Å². The summed E-state index contributed by atoms with van der Waals surface area (Å²) in [7, 11) is 0. The van der Waals surface area contributed by atoms with E-state index in [2.05, 4.69) is 10.3 Å². The molecule has 1 aliphatic heterocycles. The highest BCUT2D eigenvalue weighted by molar-refractivity contribution is 5.98. The molecule has 0 radical (unpaired) electrons. The SMILES string of the molecule is Nc1ccncc1C(=O)NCC1Cc2ccccc2O1. The van der Waals surface area contributed by atoms with Gasteiger partial charge in [-0.05, 0) is 17.7 Å². The minimum absolute atomic E-state index is 0.0331. The number of carbonyl (C=O) groups excluding carboxylic acids is 1. The first-order valence-electron chi connectivity index (χ1n) is 6.46. The molecule has 0 saturated carbocycles. The van der Waals surface area contributed by atoms with Crippen LogP contribution in [0, 0.1) is 0 Å². The molecule has 102 valence electrons. The largest absolute Gasteiger partial charge is 0.488 e. The summed E-state index contributed by atoms with van der Waals surface area (Å²) in [6.45, 7) is 0.446. The Morgan fingerprint density at radius 1 is 1.40 bits per heavy atom. The van der Waals surface area contributed by atoms with E-state index in [4.69, 9.17) is 10.5 Å². The molecule has 0 fully saturated rings. The Balaban J connectivity index is 1.59. The van der Waals surface area contributed by atoms with Gasteiger partial charge in [-0.25, -0.2) is 0 Å². The summed E-state index contributed by atoms with van der Waals surface area (Å²) < 4.78 is 5.76. The van der Waals surface area contributed by atoms with Crippen LogP contribution >= 0.6 is 0 Å². The third-order valence-electron chi connectivity index (χ3n) is 3.30. The first-order valence-corrected chi connectivity index (χ1v) is 6.46. The Hall–Kier alpha value is -2.56. The van der Waals surface area contributed by atoms with Crippen LogP contribution in [0.2, 0.25) is 0 Å². The van der Waals surface area contributed by atoms with Crippen LogP contribution < -0.4 is 15.8 Å². The molecule has 1 aromatic heterocycles. The number of nitrogens with one attached hydrogen (secondary N) is 1. The molecular formula is C15H15N3O2. The summed E-state index contributed by atoms with van der Waals surface area (Å²) in [5.74, 6) is 0.669. The first-order chi connectivity index (χ1) is 9.74. The molecule has 5 nitrogen and oxygen atoms in total. The fraction of sp³-hybridized carbons (Fsp3) is 0.200. The van der Waals surface area contributed by atoms with Gasteiger partial charge >= 0.3 is 0 Å². The van der Waals surface area contributed by atoms with Gasteiger partial charge in [0.1, 0.15) is 11.9 Å². The monoisotopic (exact) mass is 269 g/mol. The van der Waals surface area contributed by atoms with Crippen molar-refractivity contribution in [1.82, 2.24) is 10.3 Å². The summed E-state index contributed by atoms with van der Waals surface area (Å²) in [6.07, 6.45) is 3.80. The highest BCUT2D eigenvalue weighted by atomic mass is 16.5. The number of ether oxygens (including phenoxy) is 1. The molecule has 2 heterocycles. The lowest BCUT2D eigenvalue weighted by Crippen LogP contribution is -2.34. The highest BCUT2D eigenvalue weighted by Gasteiger charge is 2.23. The van der Waals surface area contributed by atoms with Crippen LogP contribution in [0.5, 0.6) is 5.75 Å². The molecule has 20 heavy (non-hydrogen) atoms. The zero-order valence-electron chi connectivity index (χ0n) is 10.9. The fourth-order valence-electron chi connectivity index (χ4n) is 2.26. The topological polar surface area (TPSA) is 77.2 Å². The van der Waals surface area contributed by atoms with Gasteiger partial charge in [0.15, 0.2) is 0 Å². The van der Waals surface area contributed by atoms with E-state index in [0.29, 0.717) is 17.8 Å². The van der Waals surface area contributed by atoms with Crippen molar-refractivity contribution in [2.45, 2.75) is 12.5 Å². The fourth-order valence-corrected chi connectivity index (χ4v) is 2.26. The zero-order valence-corrected chi connectivity index (χ0v) is 10.9.